The van der Waals surface area contributed by atoms with Crippen molar-refractivity contribution in [3.05, 3.63) is 63.1 Å². The molecule has 1 heterocycles. The number of amides is 1. The molecule has 0 bridgehead atoms. The number of anilines is 1. The molecule has 0 saturated heterocycles. The zero-order valence-corrected chi connectivity index (χ0v) is 16.8. The third-order valence-corrected chi connectivity index (χ3v) is 5.59. The second-order valence-electron chi connectivity index (χ2n) is 5.93. The van der Waals surface area contributed by atoms with Gasteiger partial charge in [-0.05, 0) is 24.6 Å². The third-order valence-electron chi connectivity index (χ3n) is 4.24. The highest BCUT2D eigenvalue weighted by Gasteiger charge is 2.49. The van der Waals surface area contributed by atoms with Crippen LogP contribution in [0.25, 0.3) is 0 Å². The summed E-state index contributed by atoms with van der Waals surface area (Å²) in [4.78, 5) is 25.0. The molecule has 7 heteroatoms. The average Bonchev–Trinajstić information content (AvgIpc) is 2.83. The predicted molar refractivity (Wildman–Crippen MR) is 107 cm³/mol. The van der Waals surface area contributed by atoms with Crippen LogP contribution in [0.1, 0.15) is 38.8 Å². The van der Waals surface area contributed by atoms with Crippen LogP contribution >= 0.6 is 45.8 Å². The first-order valence-corrected chi connectivity index (χ1v) is 9.53. The number of rotatable bonds is 4. The van der Waals surface area contributed by atoms with Gasteiger partial charge in [-0.1, -0.05) is 70.1 Å². The summed E-state index contributed by atoms with van der Waals surface area (Å²) in [7, 11) is 0. The molecule has 0 saturated carbocycles. The van der Waals surface area contributed by atoms with Gasteiger partial charge in [0, 0.05) is 20.1 Å². The molecule has 0 aliphatic carbocycles. The Morgan fingerprint density at radius 2 is 1.80 bits per heavy atom. The first kappa shape index (κ1) is 18.6. The predicted octanol–water partition coefficient (Wildman–Crippen LogP) is 4.90. The van der Waals surface area contributed by atoms with Gasteiger partial charge in [0.1, 0.15) is 0 Å². The summed E-state index contributed by atoms with van der Waals surface area (Å²) < 4.78 is 0.319. The lowest BCUT2D eigenvalue weighted by Gasteiger charge is -2.21. The summed E-state index contributed by atoms with van der Waals surface area (Å²) >= 11 is 14.5. The molecule has 2 atom stereocenters. The topological polar surface area (TPSA) is 66.4 Å². The Hall–Kier alpha value is -1.15. The van der Waals surface area contributed by atoms with Crippen molar-refractivity contribution in [2.45, 2.75) is 22.9 Å². The Kier molecular flexibility index (Phi) is 5.12. The standard InChI is InChI=1S/C18H14Cl2INO3/c1-9(21)10-2-4-11(5-3-10)14(23)8-18(25)15-12(19)6-7-13(20)16(15)22-17(18)24/h2-7,9,25H,8H2,1H3,(H,22,24). The van der Waals surface area contributed by atoms with Gasteiger partial charge < -0.3 is 10.4 Å². The molecule has 25 heavy (non-hydrogen) atoms. The van der Waals surface area contributed by atoms with E-state index in [1.807, 2.05) is 19.1 Å². The van der Waals surface area contributed by atoms with Crippen LogP contribution in [0.4, 0.5) is 5.69 Å². The molecule has 130 valence electrons. The lowest BCUT2D eigenvalue weighted by atomic mass is 9.88. The Balaban J connectivity index is 1.94. The summed E-state index contributed by atoms with van der Waals surface area (Å²) in [5.41, 5.74) is -0.117. The number of hydrogen-bond acceptors (Lipinski definition) is 3. The van der Waals surface area contributed by atoms with Gasteiger partial charge in [-0.15, -0.1) is 0 Å². The van der Waals surface area contributed by atoms with Crippen molar-refractivity contribution in [2.24, 2.45) is 0 Å². The Morgan fingerprint density at radius 3 is 2.40 bits per heavy atom. The number of hydrogen-bond donors (Lipinski definition) is 2. The van der Waals surface area contributed by atoms with Crippen LogP contribution < -0.4 is 5.32 Å². The van der Waals surface area contributed by atoms with E-state index in [0.717, 1.165) is 5.56 Å². The van der Waals surface area contributed by atoms with Crippen molar-refractivity contribution >= 4 is 63.2 Å². The zero-order valence-electron chi connectivity index (χ0n) is 13.1. The van der Waals surface area contributed by atoms with Gasteiger partial charge in [0.25, 0.3) is 5.91 Å². The van der Waals surface area contributed by atoms with E-state index >= 15 is 0 Å². The smallest absolute Gasteiger partial charge is 0.261 e. The number of carbonyl (C=O) groups is 2. The lowest BCUT2D eigenvalue weighted by Crippen LogP contribution is -2.36. The number of halogens is 3. The Bertz CT molecular complexity index is 867. The van der Waals surface area contributed by atoms with Crippen molar-refractivity contribution in [2.75, 3.05) is 5.32 Å². The number of benzene rings is 2. The van der Waals surface area contributed by atoms with Crippen molar-refractivity contribution in [3.8, 4) is 0 Å². The van der Waals surface area contributed by atoms with Gasteiger partial charge >= 0.3 is 0 Å². The number of fused-ring (bicyclic) bond motifs is 1. The van der Waals surface area contributed by atoms with Crippen molar-refractivity contribution in [1.29, 1.82) is 0 Å². The van der Waals surface area contributed by atoms with Crippen LogP contribution in [-0.2, 0) is 10.4 Å². The summed E-state index contributed by atoms with van der Waals surface area (Å²) in [6.45, 7) is 2.05. The van der Waals surface area contributed by atoms with Gasteiger partial charge in [-0.25, -0.2) is 0 Å². The molecule has 2 unspecified atom stereocenters. The number of ketones is 1. The molecule has 0 fully saturated rings. The van der Waals surface area contributed by atoms with E-state index in [4.69, 9.17) is 23.2 Å². The summed E-state index contributed by atoms with van der Waals surface area (Å²) in [5, 5.41) is 13.9. The molecule has 1 aliphatic rings. The van der Waals surface area contributed by atoms with E-state index in [0.29, 0.717) is 9.49 Å². The summed E-state index contributed by atoms with van der Waals surface area (Å²) in [6, 6.07) is 10.1. The molecule has 2 aromatic rings. The quantitative estimate of drug-likeness (QED) is 0.364. The molecule has 0 radical (unpaired) electrons. The van der Waals surface area contributed by atoms with Crippen LogP contribution in [0.2, 0.25) is 10.0 Å². The maximum Gasteiger partial charge on any atom is 0.261 e. The summed E-state index contributed by atoms with van der Waals surface area (Å²) in [5.74, 6) is -1.06. The molecule has 2 N–H and O–H groups in total. The van der Waals surface area contributed by atoms with Crippen molar-refractivity contribution < 1.29 is 14.7 Å². The fraction of sp³-hybridized carbons (Fsp3) is 0.222. The fourth-order valence-electron chi connectivity index (χ4n) is 2.85. The normalized spacial score (nSPS) is 20.1. The number of nitrogens with one attached hydrogen (secondary N) is 1. The lowest BCUT2D eigenvalue weighted by molar-refractivity contribution is -0.133. The van der Waals surface area contributed by atoms with Gasteiger partial charge in [0.15, 0.2) is 11.4 Å². The highest BCUT2D eigenvalue weighted by Crippen LogP contribution is 2.46. The molecule has 4 nitrogen and oxygen atoms in total. The molecular formula is C18H14Cl2INO3. The molecule has 1 aliphatic heterocycles. The summed E-state index contributed by atoms with van der Waals surface area (Å²) in [6.07, 6.45) is -0.412. The maximum atomic E-state index is 12.6. The van der Waals surface area contributed by atoms with Crippen molar-refractivity contribution in [3.63, 3.8) is 0 Å². The average molecular weight is 490 g/mol. The molecule has 1 amide bonds. The van der Waals surface area contributed by atoms with Crippen molar-refractivity contribution in [1.82, 2.24) is 0 Å². The largest absolute Gasteiger partial charge is 0.375 e. The highest BCUT2D eigenvalue weighted by molar-refractivity contribution is 14.1. The van der Waals surface area contributed by atoms with Crippen LogP contribution in [0.15, 0.2) is 36.4 Å². The second-order valence-corrected chi connectivity index (χ2v) is 8.61. The van der Waals surface area contributed by atoms with Gasteiger partial charge in [0.05, 0.1) is 17.1 Å². The third kappa shape index (κ3) is 3.30. The number of Topliss-reactive ketones (excluding diaryl/α,β-unsaturated/α-hetero) is 1. The van der Waals surface area contributed by atoms with E-state index in [2.05, 4.69) is 27.9 Å². The molecular weight excluding hydrogens is 476 g/mol. The zero-order chi connectivity index (χ0) is 18.4. The number of alkyl halides is 1. The maximum absolute atomic E-state index is 12.6. The van der Waals surface area contributed by atoms with E-state index in [9.17, 15) is 14.7 Å². The minimum atomic E-state index is -2.04. The van der Waals surface area contributed by atoms with Crippen LogP contribution in [0, 0.1) is 0 Å². The van der Waals surface area contributed by atoms with Crippen LogP contribution in [0.5, 0.6) is 0 Å². The molecule has 3 rings (SSSR count). The first-order valence-electron chi connectivity index (χ1n) is 7.53. The van der Waals surface area contributed by atoms with Crippen LogP contribution in [-0.4, -0.2) is 16.8 Å². The Labute approximate surface area is 168 Å². The Morgan fingerprint density at radius 1 is 1.20 bits per heavy atom. The highest BCUT2D eigenvalue weighted by atomic mass is 127. The monoisotopic (exact) mass is 489 g/mol. The van der Waals surface area contributed by atoms with Gasteiger partial charge in [-0.2, -0.15) is 0 Å². The van der Waals surface area contributed by atoms with E-state index in [1.54, 1.807) is 12.1 Å². The minimum absolute atomic E-state index is 0.150. The van der Waals surface area contributed by atoms with Crippen LogP contribution in [0.3, 0.4) is 0 Å². The SMILES string of the molecule is CC(I)c1ccc(C(=O)CC2(O)C(=O)Nc3c(Cl)ccc(Cl)c32)cc1. The van der Waals surface area contributed by atoms with Gasteiger partial charge in [0.2, 0.25) is 0 Å². The number of carbonyl (C=O) groups excluding carboxylic acids is 2. The second kappa shape index (κ2) is 6.87. The van der Waals surface area contributed by atoms with E-state index in [1.165, 1.54) is 12.1 Å². The van der Waals surface area contributed by atoms with E-state index < -0.39 is 17.9 Å². The molecule has 0 spiro atoms. The minimum Gasteiger partial charge on any atom is -0.375 e. The molecule has 0 aromatic heterocycles. The van der Waals surface area contributed by atoms with Gasteiger partial charge in [-0.3, -0.25) is 9.59 Å². The number of aliphatic hydroxyl groups is 1. The fourth-order valence-corrected chi connectivity index (χ4v) is 3.78. The van der Waals surface area contributed by atoms with E-state index in [-0.39, 0.29) is 27.1 Å². The molecule has 2 aromatic carbocycles. The first-order chi connectivity index (χ1) is 11.7.